The van der Waals surface area contributed by atoms with E-state index in [1.807, 2.05) is 12.1 Å². The summed E-state index contributed by atoms with van der Waals surface area (Å²) in [4.78, 5) is 0. The van der Waals surface area contributed by atoms with Crippen LogP contribution in [-0.4, -0.2) is 23.9 Å². The fourth-order valence-electron chi connectivity index (χ4n) is 3.14. The summed E-state index contributed by atoms with van der Waals surface area (Å²) in [5.41, 5.74) is 1.29. The third-order valence-corrected chi connectivity index (χ3v) is 4.62. The summed E-state index contributed by atoms with van der Waals surface area (Å²) >= 11 is 0. The maximum atomic E-state index is 10.0. The van der Waals surface area contributed by atoms with Gasteiger partial charge in [-0.15, -0.1) is 0 Å². The van der Waals surface area contributed by atoms with Gasteiger partial charge in [0, 0.05) is 12.6 Å². The smallest absolute Gasteiger partial charge is 0.119 e. The van der Waals surface area contributed by atoms with Crippen molar-refractivity contribution in [1.82, 2.24) is 5.32 Å². The molecule has 1 aromatic rings. The number of ether oxygens (including phenoxy) is 1. The Morgan fingerprint density at radius 1 is 1.10 bits per heavy atom. The van der Waals surface area contributed by atoms with Gasteiger partial charge in [0.2, 0.25) is 0 Å². The molecule has 2 aliphatic rings. The van der Waals surface area contributed by atoms with E-state index in [1.165, 1.54) is 44.1 Å². The van der Waals surface area contributed by atoms with Gasteiger partial charge in [0.05, 0.1) is 6.10 Å². The van der Waals surface area contributed by atoms with Gasteiger partial charge in [-0.05, 0) is 42.9 Å². The molecule has 2 N–H and O–H groups in total. The quantitative estimate of drug-likeness (QED) is 0.772. The Bertz CT molecular complexity index is 421. The molecule has 2 aliphatic carbocycles. The Balaban J connectivity index is 1.37. The second-order valence-corrected chi connectivity index (χ2v) is 6.65. The molecule has 2 fully saturated rings. The summed E-state index contributed by atoms with van der Waals surface area (Å²) in [5.74, 6) is 1.56. The minimum Gasteiger partial charge on any atom is -0.491 e. The van der Waals surface area contributed by atoms with Gasteiger partial charge in [0.1, 0.15) is 12.4 Å². The lowest BCUT2D eigenvalue weighted by molar-refractivity contribution is 0.0855. The predicted octanol–water partition coefficient (Wildman–Crippen LogP) is 3.26. The van der Waals surface area contributed by atoms with Crippen LogP contribution in [0.25, 0.3) is 0 Å². The number of hydrogen-bond acceptors (Lipinski definition) is 3. The molecular formula is C18H27NO2. The van der Waals surface area contributed by atoms with Gasteiger partial charge in [-0.2, -0.15) is 0 Å². The number of benzene rings is 1. The Labute approximate surface area is 127 Å². The van der Waals surface area contributed by atoms with Gasteiger partial charge in [0.25, 0.3) is 0 Å². The van der Waals surface area contributed by atoms with E-state index in [0.29, 0.717) is 12.5 Å². The lowest BCUT2D eigenvalue weighted by atomic mass is 10.0. The SMILES string of the molecule is OC(COc1ccc(CNC2CC2)cc1)CC1CCCC1. The van der Waals surface area contributed by atoms with Crippen LogP contribution in [0.3, 0.4) is 0 Å². The maximum Gasteiger partial charge on any atom is 0.119 e. The molecule has 0 amide bonds. The molecule has 21 heavy (non-hydrogen) atoms. The molecule has 1 aromatic carbocycles. The fraction of sp³-hybridized carbons (Fsp3) is 0.667. The topological polar surface area (TPSA) is 41.5 Å². The second-order valence-electron chi connectivity index (χ2n) is 6.65. The zero-order valence-corrected chi connectivity index (χ0v) is 12.8. The molecule has 0 spiro atoms. The van der Waals surface area contributed by atoms with Crippen molar-refractivity contribution in [3.8, 4) is 5.75 Å². The molecule has 1 atom stereocenters. The summed E-state index contributed by atoms with van der Waals surface area (Å²) in [6, 6.07) is 8.97. The number of aliphatic hydroxyl groups excluding tert-OH is 1. The van der Waals surface area contributed by atoms with Crippen molar-refractivity contribution in [3.63, 3.8) is 0 Å². The number of aliphatic hydroxyl groups is 1. The van der Waals surface area contributed by atoms with Gasteiger partial charge >= 0.3 is 0 Å². The molecule has 0 heterocycles. The molecule has 116 valence electrons. The van der Waals surface area contributed by atoms with Crippen molar-refractivity contribution in [2.24, 2.45) is 5.92 Å². The molecule has 0 saturated heterocycles. The summed E-state index contributed by atoms with van der Waals surface area (Å²) in [5, 5.41) is 13.5. The van der Waals surface area contributed by atoms with Gasteiger partial charge in [0.15, 0.2) is 0 Å². The first-order valence-corrected chi connectivity index (χ1v) is 8.43. The Kier molecular flexibility index (Phi) is 5.15. The molecule has 0 radical (unpaired) electrons. The van der Waals surface area contributed by atoms with E-state index in [-0.39, 0.29) is 6.10 Å². The molecule has 3 rings (SSSR count). The van der Waals surface area contributed by atoms with Crippen LogP contribution >= 0.6 is 0 Å². The molecule has 0 bridgehead atoms. The van der Waals surface area contributed by atoms with Crippen molar-refractivity contribution in [2.45, 2.75) is 63.6 Å². The lowest BCUT2D eigenvalue weighted by Crippen LogP contribution is -2.20. The normalized spacial score (nSPS) is 20.6. The number of nitrogens with one attached hydrogen (secondary N) is 1. The van der Waals surface area contributed by atoms with E-state index < -0.39 is 0 Å². The van der Waals surface area contributed by atoms with E-state index in [0.717, 1.165) is 24.8 Å². The molecular weight excluding hydrogens is 262 g/mol. The van der Waals surface area contributed by atoms with Crippen LogP contribution in [0, 0.1) is 5.92 Å². The van der Waals surface area contributed by atoms with Crippen LogP contribution in [0.15, 0.2) is 24.3 Å². The predicted molar refractivity (Wildman–Crippen MR) is 84.4 cm³/mol. The minimum atomic E-state index is -0.329. The van der Waals surface area contributed by atoms with Crippen LogP contribution in [0.4, 0.5) is 0 Å². The fourth-order valence-corrected chi connectivity index (χ4v) is 3.14. The number of rotatable bonds is 8. The molecule has 1 unspecified atom stereocenters. The average molecular weight is 289 g/mol. The maximum absolute atomic E-state index is 10.0. The van der Waals surface area contributed by atoms with Gasteiger partial charge in [-0.3, -0.25) is 0 Å². The summed E-state index contributed by atoms with van der Waals surface area (Å²) in [6.07, 6.45) is 8.41. The Morgan fingerprint density at radius 2 is 1.81 bits per heavy atom. The van der Waals surface area contributed by atoms with Gasteiger partial charge in [-0.1, -0.05) is 37.8 Å². The third kappa shape index (κ3) is 5.01. The van der Waals surface area contributed by atoms with E-state index in [9.17, 15) is 5.11 Å². The molecule has 2 saturated carbocycles. The van der Waals surface area contributed by atoms with Crippen molar-refractivity contribution in [1.29, 1.82) is 0 Å². The third-order valence-electron chi connectivity index (χ3n) is 4.62. The second kappa shape index (κ2) is 7.28. The van der Waals surface area contributed by atoms with E-state index >= 15 is 0 Å². The van der Waals surface area contributed by atoms with Crippen LogP contribution in [0.1, 0.15) is 50.5 Å². The highest BCUT2D eigenvalue weighted by atomic mass is 16.5. The first kappa shape index (κ1) is 14.9. The average Bonchev–Trinajstić information content (AvgIpc) is 3.20. The lowest BCUT2D eigenvalue weighted by Gasteiger charge is -2.16. The first-order chi connectivity index (χ1) is 10.3. The van der Waals surface area contributed by atoms with Crippen LogP contribution in [0.2, 0.25) is 0 Å². The molecule has 0 aromatic heterocycles. The zero-order valence-electron chi connectivity index (χ0n) is 12.8. The first-order valence-electron chi connectivity index (χ1n) is 8.43. The van der Waals surface area contributed by atoms with Crippen molar-refractivity contribution < 1.29 is 9.84 Å². The van der Waals surface area contributed by atoms with E-state index in [4.69, 9.17) is 4.74 Å². The van der Waals surface area contributed by atoms with Crippen molar-refractivity contribution in [2.75, 3.05) is 6.61 Å². The highest BCUT2D eigenvalue weighted by Crippen LogP contribution is 2.28. The minimum absolute atomic E-state index is 0.329. The highest BCUT2D eigenvalue weighted by molar-refractivity contribution is 5.27. The van der Waals surface area contributed by atoms with Crippen molar-refractivity contribution >= 4 is 0 Å². The molecule has 3 heteroatoms. The summed E-state index contributed by atoms with van der Waals surface area (Å²) < 4.78 is 5.70. The van der Waals surface area contributed by atoms with Gasteiger partial charge in [-0.25, -0.2) is 0 Å². The Hall–Kier alpha value is -1.06. The summed E-state index contributed by atoms with van der Waals surface area (Å²) in [6.45, 7) is 1.35. The van der Waals surface area contributed by atoms with Crippen LogP contribution in [-0.2, 0) is 6.54 Å². The largest absolute Gasteiger partial charge is 0.491 e. The molecule has 0 aliphatic heterocycles. The summed E-state index contributed by atoms with van der Waals surface area (Å²) in [7, 11) is 0. The standard InChI is InChI=1S/C18H27NO2/c20-17(11-14-3-1-2-4-14)13-21-18-9-5-15(6-10-18)12-19-16-7-8-16/h5-6,9-10,14,16-17,19-20H,1-4,7-8,11-13H2. The van der Waals surface area contributed by atoms with E-state index in [2.05, 4.69) is 17.4 Å². The number of hydrogen-bond donors (Lipinski definition) is 2. The highest BCUT2D eigenvalue weighted by Gasteiger charge is 2.20. The van der Waals surface area contributed by atoms with Crippen LogP contribution in [0.5, 0.6) is 5.75 Å². The zero-order chi connectivity index (χ0) is 14.5. The Morgan fingerprint density at radius 3 is 2.48 bits per heavy atom. The van der Waals surface area contributed by atoms with Crippen molar-refractivity contribution in [3.05, 3.63) is 29.8 Å². The van der Waals surface area contributed by atoms with Crippen LogP contribution < -0.4 is 10.1 Å². The monoisotopic (exact) mass is 289 g/mol. The molecule has 3 nitrogen and oxygen atoms in total. The van der Waals surface area contributed by atoms with E-state index in [1.54, 1.807) is 0 Å². The van der Waals surface area contributed by atoms with Gasteiger partial charge < -0.3 is 15.2 Å².